The lowest BCUT2D eigenvalue weighted by atomic mass is 9.89. The van der Waals surface area contributed by atoms with E-state index in [1.54, 1.807) is 7.11 Å². The number of ether oxygens (including phenoxy) is 1. The first-order valence-corrected chi connectivity index (χ1v) is 6.13. The fraction of sp³-hybridized carbons (Fsp3) is 0.571. The standard InChI is InChI=1S/C14H22N2O/c1-9-5-6-11(12(17-4)10(9)2)13(16-15)14(3)7-8-14/h5-6,13,16H,7-8,15H2,1-4H3. The summed E-state index contributed by atoms with van der Waals surface area (Å²) in [5.74, 6) is 6.71. The molecule has 17 heavy (non-hydrogen) atoms. The molecule has 1 fully saturated rings. The number of rotatable bonds is 4. The number of hydrazine groups is 1. The van der Waals surface area contributed by atoms with Crippen molar-refractivity contribution < 1.29 is 4.74 Å². The van der Waals surface area contributed by atoms with Gasteiger partial charge in [-0.1, -0.05) is 19.1 Å². The van der Waals surface area contributed by atoms with Crippen LogP contribution in [0.1, 0.15) is 42.5 Å². The van der Waals surface area contributed by atoms with Gasteiger partial charge in [0.1, 0.15) is 5.75 Å². The van der Waals surface area contributed by atoms with Crippen LogP contribution in [0.2, 0.25) is 0 Å². The minimum absolute atomic E-state index is 0.178. The average Bonchev–Trinajstić information content (AvgIpc) is 3.04. The Morgan fingerprint density at radius 2 is 2.00 bits per heavy atom. The highest BCUT2D eigenvalue weighted by Crippen LogP contribution is 2.55. The molecule has 2 rings (SSSR count). The second-order valence-corrected chi connectivity index (χ2v) is 5.38. The summed E-state index contributed by atoms with van der Waals surface area (Å²) in [6.45, 7) is 6.47. The van der Waals surface area contributed by atoms with Crippen molar-refractivity contribution in [3.05, 3.63) is 28.8 Å². The zero-order valence-corrected chi connectivity index (χ0v) is 11.1. The van der Waals surface area contributed by atoms with Gasteiger partial charge in [0.25, 0.3) is 0 Å². The summed E-state index contributed by atoms with van der Waals surface area (Å²) in [5, 5.41) is 0. The van der Waals surface area contributed by atoms with Crippen LogP contribution in [0.3, 0.4) is 0 Å². The molecule has 0 heterocycles. The number of aryl methyl sites for hydroxylation is 1. The van der Waals surface area contributed by atoms with Crippen molar-refractivity contribution in [2.75, 3.05) is 7.11 Å². The molecule has 1 unspecified atom stereocenters. The Balaban J connectivity index is 2.47. The maximum absolute atomic E-state index is 5.74. The quantitative estimate of drug-likeness (QED) is 0.622. The maximum atomic E-state index is 5.74. The van der Waals surface area contributed by atoms with Gasteiger partial charge in [-0.05, 0) is 43.2 Å². The Bertz CT molecular complexity index is 424. The van der Waals surface area contributed by atoms with Crippen molar-refractivity contribution >= 4 is 0 Å². The lowest BCUT2D eigenvalue weighted by Crippen LogP contribution is -2.33. The summed E-state index contributed by atoms with van der Waals surface area (Å²) in [5.41, 5.74) is 6.88. The predicted octanol–water partition coefficient (Wildman–Crippen LogP) is 2.62. The Morgan fingerprint density at radius 3 is 2.47 bits per heavy atom. The first-order valence-electron chi connectivity index (χ1n) is 6.13. The largest absolute Gasteiger partial charge is 0.496 e. The molecule has 0 aromatic heterocycles. The molecular weight excluding hydrogens is 212 g/mol. The topological polar surface area (TPSA) is 47.3 Å². The first kappa shape index (κ1) is 12.4. The van der Waals surface area contributed by atoms with Crippen molar-refractivity contribution in [2.45, 2.75) is 39.7 Å². The minimum Gasteiger partial charge on any atom is -0.496 e. The summed E-state index contributed by atoms with van der Waals surface area (Å²) in [6.07, 6.45) is 2.44. The first-order chi connectivity index (χ1) is 8.03. The summed E-state index contributed by atoms with van der Waals surface area (Å²) >= 11 is 0. The SMILES string of the molecule is COc1c(C(NN)C2(C)CC2)ccc(C)c1C. The molecule has 0 aliphatic heterocycles. The van der Waals surface area contributed by atoms with Crippen molar-refractivity contribution in [3.63, 3.8) is 0 Å². The van der Waals surface area contributed by atoms with E-state index in [1.165, 1.54) is 29.5 Å². The smallest absolute Gasteiger partial charge is 0.126 e. The molecule has 1 saturated carbocycles. The minimum atomic E-state index is 0.178. The van der Waals surface area contributed by atoms with Crippen molar-refractivity contribution in [3.8, 4) is 5.75 Å². The molecule has 1 aromatic rings. The van der Waals surface area contributed by atoms with Gasteiger partial charge in [-0.2, -0.15) is 0 Å². The molecule has 3 heteroatoms. The maximum Gasteiger partial charge on any atom is 0.126 e. The molecule has 3 nitrogen and oxygen atoms in total. The van der Waals surface area contributed by atoms with E-state index in [0.29, 0.717) is 0 Å². The number of methoxy groups -OCH3 is 1. The van der Waals surface area contributed by atoms with E-state index in [4.69, 9.17) is 10.6 Å². The number of nitrogens with two attached hydrogens (primary N) is 1. The van der Waals surface area contributed by atoms with Crippen LogP contribution in [0.4, 0.5) is 0 Å². The summed E-state index contributed by atoms with van der Waals surface area (Å²) in [7, 11) is 1.73. The Kier molecular flexibility index (Phi) is 3.15. The van der Waals surface area contributed by atoms with E-state index in [9.17, 15) is 0 Å². The fourth-order valence-electron chi connectivity index (χ4n) is 2.46. The van der Waals surface area contributed by atoms with Crippen LogP contribution in [0.15, 0.2) is 12.1 Å². The summed E-state index contributed by atoms with van der Waals surface area (Å²) < 4.78 is 5.57. The van der Waals surface area contributed by atoms with E-state index in [1.807, 2.05) is 0 Å². The third kappa shape index (κ3) is 2.05. The second-order valence-electron chi connectivity index (χ2n) is 5.38. The van der Waals surface area contributed by atoms with Crippen LogP contribution >= 0.6 is 0 Å². The van der Waals surface area contributed by atoms with Crippen LogP contribution < -0.4 is 16.0 Å². The van der Waals surface area contributed by atoms with E-state index < -0.39 is 0 Å². The van der Waals surface area contributed by atoms with Gasteiger partial charge in [0, 0.05) is 5.56 Å². The van der Waals surface area contributed by atoms with Gasteiger partial charge in [0.15, 0.2) is 0 Å². The van der Waals surface area contributed by atoms with E-state index in [-0.39, 0.29) is 11.5 Å². The van der Waals surface area contributed by atoms with Gasteiger partial charge in [-0.25, -0.2) is 0 Å². The lowest BCUT2D eigenvalue weighted by molar-refractivity contribution is 0.345. The van der Waals surface area contributed by atoms with Gasteiger partial charge >= 0.3 is 0 Å². The lowest BCUT2D eigenvalue weighted by Gasteiger charge is -2.26. The molecular formula is C14H22N2O. The molecule has 94 valence electrons. The van der Waals surface area contributed by atoms with Gasteiger partial charge in [-0.3, -0.25) is 11.3 Å². The Labute approximate surface area is 103 Å². The third-order valence-corrected chi connectivity index (χ3v) is 4.12. The van der Waals surface area contributed by atoms with Crippen LogP contribution in [0, 0.1) is 19.3 Å². The number of benzene rings is 1. The zero-order valence-electron chi connectivity index (χ0n) is 11.1. The molecule has 0 saturated heterocycles. The fourth-order valence-corrected chi connectivity index (χ4v) is 2.46. The summed E-state index contributed by atoms with van der Waals surface area (Å²) in [4.78, 5) is 0. The molecule has 1 aliphatic rings. The van der Waals surface area contributed by atoms with Gasteiger partial charge in [0.05, 0.1) is 13.2 Å². The molecule has 1 aromatic carbocycles. The van der Waals surface area contributed by atoms with Gasteiger partial charge < -0.3 is 4.74 Å². The average molecular weight is 234 g/mol. The second kappa shape index (κ2) is 4.31. The van der Waals surface area contributed by atoms with E-state index >= 15 is 0 Å². The van der Waals surface area contributed by atoms with Crippen LogP contribution in [-0.2, 0) is 0 Å². The van der Waals surface area contributed by atoms with Crippen molar-refractivity contribution in [1.82, 2.24) is 5.43 Å². The van der Waals surface area contributed by atoms with E-state index in [0.717, 1.165) is 5.75 Å². The Morgan fingerprint density at radius 1 is 1.35 bits per heavy atom. The monoisotopic (exact) mass is 234 g/mol. The van der Waals surface area contributed by atoms with Crippen LogP contribution in [0.25, 0.3) is 0 Å². The van der Waals surface area contributed by atoms with Gasteiger partial charge in [0.2, 0.25) is 0 Å². The zero-order chi connectivity index (χ0) is 12.6. The predicted molar refractivity (Wildman–Crippen MR) is 69.9 cm³/mol. The Hall–Kier alpha value is -1.06. The van der Waals surface area contributed by atoms with Crippen molar-refractivity contribution in [2.24, 2.45) is 11.3 Å². The highest BCUT2D eigenvalue weighted by Gasteiger charge is 2.46. The molecule has 1 aliphatic carbocycles. The van der Waals surface area contributed by atoms with Gasteiger partial charge in [-0.15, -0.1) is 0 Å². The number of nitrogens with one attached hydrogen (secondary N) is 1. The third-order valence-electron chi connectivity index (χ3n) is 4.12. The molecule has 0 bridgehead atoms. The molecule has 3 N–H and O–H groups in total. The molecule has 1 atom stereocenters. The normalized spacial score (nSPS) is 18.9. The van der Waals surface area contributed by atoms with Crippen LogP contribution in [-0.4, -0.2) is 7.11 Å². The number of hydrogen-bond acceptors (Lipinski definition) is 3. The highest BCUT2D eigenvalue weighted by atomic mass is 16.5. The van der Waals surface area contributed by atoms with Crippen LogP contribution in [0.5, 0.6) is 5.75 Å². The summed E-state index contributed by atoms with van der Waals surface area (Å²) in [6, 6.07) is 4.45. The molecule has 0 spiro atoms. The van der Waals surface area contributed by atoms with E-state index in [2.05, 4.69) is 38.3 Å². The van der Waals surface area contributed by atoms with Crippen molar-refractivity contribution in [1.29, 1.82) is 0 Å². The number of hydrogen-bond donors (Lipinski definition) is 2. The molecule has 0 amide bonds. The highest BCUT2D eigenvalue weighted by molar-refractivity contribution is 5.47. The molecule has 0 radical (unpaired) electrons.